The van der Waals surface area contributed by atoms with Crippen molar-refractivity contribution in [1.82, 2.24) is 0 Å². The van der Waals surface area contributed by atoms with E-state index >= 15 is 0 Å². The van der Waals surface area contributed by atoms with Crippen molar-refractivity contribution in [3.63, 3.8) is 0 Å². The molecular weight excluding hydrogens is 182 g/mol. The molecule has 0 amide bonds. The number of rotatable bonds is 3. The van der Waals surface area contributed by atoms with Gasteiger partial charge in [-0.15, -0.1) is 0 Å². The number of hydrogen-bond donors (Lipinski definition) is 1. The van der Waals surface area contributed by atoms with Crippen molar-refractivity contribution in [2.75, 3.05) is 11.9 Å². The zero-order valence-electron chi connectivity index (χ0n) is 9.15. The van der Waals surface area contributed by atoms with Gasteiger partial charge in [0, 0.05) is 12.2 Å². The van der Waals surface area contributed by atoms with Gasteiger partial charge in [0.2, 0.25) is 0 Å². The molecule has 2 fully saturated rings. The Balaban J connectivity index is 1.55. The summed E-state index contributed by atoms with van der Waals surface area (Å²) in [7, 11) is 0. The Morgan fingerprint density at radius 3 is 2.60 bits per heavy atom. The molecule has 0 aliphatic heterocycles. The normalized spacial score (nSPS) is 33.2. The molecule has 1 aromatic rings. The van der Waals surface area contributed by atoms with Crippen molar-refractivity contribution in [1.29, 1.82) is 0 Å². The fourth-order valence-corrected chi connectivity index (χ4v) is 3.43. The topological polar surface area (TPSA) is 12.0 Å². The van der Waals surface area contributed by atoms with Gasteiger partial charge in [-0.1, -0.05) is 24.6 Å². The van der Waals surface area contributed by atoms with Gasteiger partial charge < -0.3 is 5.32 Å². The Bertz CT molecular complexity index is 319. The number of anilines is 1. The zero-order chi connectivity index (χ0) is 10.1. The smallest absolute Gasteiger partial charge is 0.0340 e. The molecule has 3 rings (SSSR count). The van der Waals surface area contributed by atoms with Gasteiger partial charge >= 0.3 is 0 Å². The first-order valence-electron chi connectivity index (χ1n) is 6.21. The molecule has 15 heavy (non-hydrogen) atoms. The van der Waals surface area contributed by atoms with E-state index in [0.29, 0.717) is 0 Å². The van der Waals surface area contributed by atoms with Gasteiger partial charge in [-0.05, 0) is 49.1 Å². The number of nitrogens with one attached hydrogen (secondary N) is 1. The van der Waals surface area contributed by atoms with Crippen LogP contribution in [-0.2, 0) is 0 Å². The molecule has 0 aromatic heterocycles. The zero-order valence-corrected chi connectivity index (χ0v) is 9.15. The molecule has 0 spiro atoms. The second-order valence-corrected chi connectivity index (χ2v) is 5.18. The van der Waals surface area contributed by atoms with E-state index in [1.807, 2.05) is 0 Å². The van der Waals surface area contributed by atoms with Crippen LogP contribution in [0.1, 0.15) is 25.7 Å². The Kier molecular flexibility index (Phi) is 2.40. The van der Waals surface area contributed by atoms with Crippen molar-refractivity contribution in [3.8, 4) is 0 Å². The largest absolute Gasteiger partial charge is 0.385 e. The molecule has 1 N–H and O–H groups in total. The lowest BCUT2D eigenvalue weighted by Crippen LogP contribution is -2.19. The van der Waals surface area contributed by atoms with Gasteiger partial charge in [-0.2, -0.15) is 0 Å². The van der Waals surface area contributed by atoms with Crippen LogP contribution in [0.3, 0.4) is 0 Å². The SMILES string of the molecule is c1ccc(NC[C@H]2C[C@@H]3CC[C@H]2C3)cc1. The summed E-state index contributed by atoms with van der Waals surface area (Å²) < 4.78 is 0. The molecule has 1 heteroatoms. The summed E-state index contributed by atoms with van der Waals surface area (Å²) in [5, 5.41) is 3.57. The lowest BCUT2D eigenvalue weighted by atomic mass is 9.89. The highest BCUT2D eigenvalue weighted by Gasteiger charge is 2.38. The maximum Gasteiger partial charge on any atom is 0.0340 e. The molecule has 0 saturated heterocycles. The van der Waals surface area contributed by atoms with Crippen LogP contribution in [0.4, 0.5) is 5.69 Å². The Morgan fingerprint density at radius 1 is 1.07 bits per heavy atom. The molecule has 2 saturated carbocycles. The average molecular weight is 201 g/mol. The summed E-state index contributed by atoms with van der Waals surface area (Å²) in [6.07, 6.45) is 5.99. The third-order valence-electron chi connectivity index (χ3n) is 4.23. The van der Waals surface area contributed by atoms with Crippen LogP contribution in [0.25, 0.3) is 0 Å². The van der Waals surface area contributed by atoms with Gasteiger partial charge in [-0.25, -0.2) is 0 Å². The highest BCUT2D eigenvalue weighted by molar-refractivity contribution is 5.42. The number of hydrogen-bond acceptors (Lipinski definition) is 1. The number of para-hydroxylation sites is 1. The van der Waals surface area contributed by atoms with E-state index in [9.17, 15) is 0 Å². The first kappa shape index (κ1) is 9.26. The summed E-state index contributed by atoms with van der Waals surface area (Å²) >= 11 is 0. The molecule has 2 aliphatic rings. The van der Waals surface area contributed by atoms with Crippen molar-refractivity contribution in [2.45, 2.75) is 25.7 Å². The minimum atomic E-state index is 0.948. The van der Waals surface area contributed by atoms with E-state index in [0.717, 1.165) is 17.8 Å². The molecule has 0 heterocycles. The first-order valence-corrected chi connectivity index (χ1v) is 6.21. The molecule has 1 aromatic carbocycles. The van der Waals surface area contributed by atoms with Crippen molar-refractivity contribution >= 4 is 5.69 Å². The van der Waals surface area contributed by atoms with Crippen molar-refractivity contribution in [3.05, 3.63) is 30.3 Å². The lowest BCUT2D eigenvalue weighted by molar-refractivity contribution is 0.348. The highest BCUT2D eigenvalue weighted by atomic mass is 14.9. The minimum absolute atomic E-state index is 0.948. The van der Waals surface area contributed by atoms with Gasteiger partial charge in [0.15, 0.2) is 0 Å². The molecule has 80 valence electrons. The summed E-state index contributed by atoms with van der Waals surface area (Å²) in [6, 6.07) is 10.6. The minimum Gasteiger partial charge on any atom is -0.385 e. The van der Waals surface area contributed by atoms with Crippen LogP contribution >= 0.6 is 0 Å². The predicted molar refractivity (Wildman–Crippen MR) is 63.9 cm³/mol. The second-order valence-electron chi connectivity index (χ2n) is 5.18. The third-order valence-corrected chi connectivity index (χ3v) is 4.23. The fourth-order valence-electron chi connectivity index (χ4n) is 3.43. The van der Waals surface area contributed by atoms with Gasteiger partial charge in [-0.3, -0.25) is 0 Å². The Morgan fingerprint density at radius 2 is 1.93 bits per heavy atom. The maximum atomic E-state index is 3.57. The summed E-state index contributed by atoms with van der Waals surface area (Å²) in [6.45, 7) is 1.19. The standard InChI is InChI=1S/C14H19N/c1-2-4-14(5-3-1)15-10-13-9-11-6-7-12(13)8-11/h1-5,11-13,15H,6-10H2/t11-,12+,13-/m1/s1. The Hall–Kier alpha value is -0.980. The molecule has 3 atom stereocenters. The maximum absolute atomic E-state index is 3.57. The summed E-state index contributed by atoms with van der Waals surface area (Å²) in [5.74, 6) is 3.05. The van der Waals surface area contributed by atoms with E-state index in [1.165, 1.54) is 37.9 Å². The van der Waals surface area contributed by atoms with E-state index in [1.54, 1.807) is 0 Å². The Labute approximate surface area is 91.9 Å². The number of fused-ring (bicyclic) bond motifs is 2. The van der Waals surface area contributed by atoms with E-state index in [4.69, 9.17) is 0 Å². The molecule has 1 nitrogen and oxygen atoms in total. The molecule has 2 bridgehead atoms. The second kappa shape index (κ2) is 3.88. The van der Waals surface area contributed by atoms with Gasteiger partial charge in [0.05, 0.1) is 0 Å². The first-order chi connectivity index (χ1) is 7.42. The van der Waals surface area contributed by atoms with Crippen LogP contribution in [-0.4, -0.2) is 6.54 Å². The molecule has 0 unspecified atom stereocenters. The monoisotopic (exact) mass is 201 g/mol. The highest BCUT2D eigenvalue weighted by Crippen LogP contribution is 2.48. The fraction of sp³-hybridized carbons (Fsp3) is 0.571. The quantitative estimate of drug-likeness (QED) is 0.788. The molecule has 2 aliphatic carbocycles. The summed E-state index contributed by atoms with van der Waals surface area (Å²) in [5.41, 5.74) is 1.28. The molecule has 0 radical (unpaired) electrons. The number of benzene rings is 1. The van der Waals surface area contributed by atoms with E-state index in [-0.39, 0.29) is 0 Å². The van der Waals surface area contributed by atoms with Crippen LogP contribution < -0.4 is 5.32 Å². The summed E-state index contributed by atoms with van der Waals surface area (Å²) in [4.78, 5) is 0. The van der Waals surface area contributed by atoms with E-state index in [2.05, 4.69) is 35.6 Å². The average Bonchev–Trinajstić information content (AvgIpc) is 2.89. The predicted octanol–water partition coefficient (Wildman–Crippen LogP) is 3.53. The van der Waals surface area contributed by atoms with Crippen LogP contribution in [0, 0.1) is 17.8 Å². The van der Waals surface area contributed by atoms with Gasteiger partial charge in [0.1, 0.15) is 0 Å². The molecular formula is C14H19N. The van der Waals surface area contributed by atoms with Crippen LogP contribution in [0.2, 0.25) is 0 Å². The van der Waals surface area contributed by atoms with Crippen molar-refractivity contribution < 1.29 is 0 Å². The lowest BCUT2D eigenvalue weighted by Gasteiger charge is -2.22. The third kappa shape index (κ3) is 1.88. The van der Waals surface area contributed by atoms with Crippen molar-refractivity contribution in [2.24, 2.45) is 17.8 Å². The van der Waals surface area contributed by atoms with Crippen LogP contribution in [0.15, 0.2) is 30.3 Å². The van der Waals surface area contributed by atoms with Gasteiger partial charge in [0.25, 0.3) is 0 Å². The van der Waals surface area contributed by atoms with Crippen LogP contribution in [0.5, 0.6) is 0 Å². The van der Waals surface area contributed by atoms with E-state index < -0.39 is 0 Å².